The summed E-state index contributed by atoms with van der Waals surface area (Å²) in [5.41, 5.74) is 13.6. The van der Waals surface area contributed by atoms with Gasteiger partial charge in [-0.2, -0.15) is 0 Å². The van der Waals surface area contributed by atoms with E-state index in [0.717, 1.165) is 61.4 Å². The summed E-state index contributed by atoms with van der Waals surface area (Å²) >= 11 is 0. The minimum absolute atomic E-state index is 0. The van der Waals surface area contributed by atoms with Crippen molar-refractivity contribution in [1.82, 2.24) is 9.55 Å². The van der Waals surface area contributed by atoms with Crippen molar-refractivity contribution in [3.05, 3.63) is 234 Å². The summed E-state index contributed by atoms with van der Waals surface area (Å²) in [5.74, 6) is 2.01. The van der Waals surface area contributed by atoms with Crippen LogP contribution in [0.15, 0.2) is 182 Å². The predicted octanol–water partition coefficient (Wildman–Crippen LogP) is 17.8. The minimum Gasteiger partial charge on any atom is -0.509 e. The van der Waals surface area contributed by atoms with Gasteiger partial charge in [-0.25, -0.2) is 4.98 Å². The Labute approximate surface area is 455 Å². The summed E-state index contributed by atoms with van der Waals surface area (Å²) in [5, 5.41) is 2.25. The number of allylic oxidation sites excluding steroid dienone is 1. The van der Waals surface area contributed by atoms with Crippen molar-refractivity contribution in [1.29, 1.82) is 0 Å². The average Bonchev–Trinajstić information content (AvgIpc) is 3.98. The van der Waals surface area contributed by atoms with Crippen molar-refractivity contribution in [2.45, 2.75) is 112 Å². The van der Waals surface area contributed by atoms with Gasteiger partial charge in [0, 0.05) is 66.5 Å². The van der Waals surface area contributed by atoms with Crippen LogP contribution < -0.4 is 14.5 Å². The van der Waals surface area contributed by atoms with Crippen LogP contribution in [0.5, 0.6) is 11.5 Å². The first kappa shape index (κ1) is 52.2. The molecule has 0 saturated heterocycles. The van der Waals surface area contributed by atoms with E-state index in [1.165, 1.54) is 27.8 Å². The van der Waals surface area contributed by atoms with Crippen molar-refractivity contribution < 1.29 is 25.8 Å². The predicted molar refractivity (Wildman–Crippen MR) is 306 cm³/mol. The summed E-state index contributed by atoms with van der Waals surface area (Å²) in [7, 11) is 0. The topological polar surface area (TPSA) is 33.5 Å². The van der Waals surface area contributed by atoms with E-state index in [0.29, 0.717) is 11.5 Å². The summed E-state index contributed by atoms with van der Waals surface area (Å²) in [4.78, 5) is 9.70. The Kier molecular flexibility index (Phi) is 13.8. The van der Waals surface area contributed by atoms with Crippen LogP contribution in [0, 0.1) is 24.2 Å². The molecule has 0 radical (unpaired) electrons. The Morgan fingerprint density at radius 2 is 1.07 bits per heavy atom. The maximum Gasteiger partial charge on any atom is 0.135 e. The molecule has 1 aliphatic heterocycles. The van der Waals surface area contributed by atoms with Crippen LogP contribution in [0.3, 0.4) is 0 Å². The number of para-hydroxylation sites is 1. The fourth-order valence-electron chi connectivity index (χ4n) is 10.3. The number of hydrogen-bond donors (Lipinski definition) is 0. The maximum absolute atomic E-state index is 7.26. The molecule has 0 aliphatic carbocycles. The molecule has 9 aromatic rings. The van der Waals surface area contributed by atoms with Gasteiger partial charge in [-0.1, -0.05) is 216 Å². The van der Waals surface area contributed by atoms with Gasteiger partial charge >= 0.3 is 0 Å². The molecule has 380 valence electrons. The van der Waals surface area contributed by atoms with Crippen molar-refractivity contribution in [2.75, 3.05) is 9.80 Å². The quantitative estimate of drug-likeness (QED) is 0.128. The Hall–Kier alpha value is -6.68. The van der Waals surface area contributed by atoms with E-state index in [1.807, 2.05) is 6.20 Å². The normalized spacial score (nSPS) is 13.6. The van der Waals surface area contributed by atoms with Gasteiger partial charge in [0.15, 0.2) is 0 Å². The van der Waals surface area contributed by atoms with Crippen molar-refractivity contribution in [2.24, 2.45) is 5.41 Å². The Morgan fingerprint density at radius 1 is 0.500 bits per heavy atom. The molecule has 10 rings (SSSR count). The summed E-state index contributed by atoms with van der Waals surface area (Å²) < 4.78 is 9.54. The van der Waals surface area contributed by atoms with E-state index in [-0.39, 0.29) is 42.7 Å². The van der Waals surface area contributed by atoms with E-state index in [1.54, 1.807) is 0 Å². The molecular weight excluding hydrogens is 1080 g/mol. The van der Waals surface area contributed by atoms with E-state index in [2.05, 4.69) is 293 Å². The third-order valence-corrected chi connectivity index (χ3v) is 14.9. The van der Waals surface area contributed by atoms with Crippen LogP contribution in [0.1, 0.15) is 123 Å². The average molecular weight is 1150 g/mol. The fourth-order valence-corrected chi connectivity index (χ4v) is 10.3. The number of benzene rings is 7. The third kappa shape index (κ3) is 10.0. The van der Waals surface area contributed by atoms with Gasteiger partial charge in [0.2, 0.25) is 0 Å². The smallest absolute Gasteiger partial charge is 0.135 e. The van der Waals surface area contributed by atoms with Gasteiger partial charge in [-0.3, -0.25) is 0 Å². The zero-order valence-electron chi connectivity index (χ0n) is 45.3. The Bertz CT molecular complexity index is 3480. The number of pyridine rings is 1. The maximum atomic E-state index is 7.26. The van der Waals surface area contributed by atoms with Crippen LogP contribution in [-0.2, 0) is 42.7 Å². The number of fused-ring (bicyclic) bond motifs is 3. The van der Waals surface area contributed by atoms with Gasteiger partial charge in [0.05, 0.1) is 0 Å². The Balaban J connectivity index is 0.00000672. The van der Waals surface area contributed by atoms with Crippen LogP contribution >= 0.6 is 0 Å². The van der Waals surface area contributed by atoms with E-state index < -0.39 is 5.41 Å². The van der Waals surface area contributed by atoms with Gasteiger partial charge in [0.1, 0.15) is 5.82 Å². The SMILES string of the molecule is CC(C)(C)C1=CN(c2cc(C(C)(C)C)cc(C(C)(C)C)c2)[CH-]N1c1[c-]c(Oc2[c-]c3c(c(C(C)(C)c4ccccc4)c2)c2ccccc2n3-c2cc(C(C)(C)c3ccccc3)ccn2)cc(-c2ccccc2)c1.[Pt]. The zero-order valence-corrected chi connectivity index (χ0v) is 47.6. The first-order chi connectivity index (χ1) is 34.6. The molecule has 0 atom stereocenters. The molecule has 2 aromatic heterocycles. The number of hydrogen-bond acceptors (Lipinski definition) is 4. The second-order valence-corrected chi connectivity index (χ2v) is 24.0. The van der Waals surface area contributed by atoms with Crippen LogP contribution in [0.4, 0.5) is 11.4 Å². The number of aromatic nitrogens is 2. The third-order valence-electron chi connectivity index (χ3n) is 14.9. The molecule has 0 bridgehead atoms. The molecule has 3 heterocycles. The van der Waals surface area contributed by atoms with Crippen molar-refractivity contribution >= 4 is 33.2 Å². The molecule has 0 unspecified atom stereocenters. The molecule has 0 fully saturated rings. The second kappa shape index (κ2) is 19.5. The largest absolute Gasteiger partial charge is 0.509 e. The molecule has 7 aromatic carbocycles. The molecule has 74 heavy (non-hydrogen) atoms. The van der Waals surface area contributed by atoms with Crippen LogP contribution in [0.2, 0.25) is 0 Å². The molecule has 5 nitrogen and oxygen atoms in total. The molecule has 1 aliphatic rings. The van der Waals surface area contributed by atoms with Gasteiger partial charge in [-0.05, 0) is 91.5 Å². The summed E-state index contributed by atoms with van der Waals surface area (Å²) in [6, 6.07) is 66.4. The molecular formula is C68H69N4OPt-3. The van der Waals surface area contributed by atoms with Gasteiger partial charge in [0.25, 0.3) is 0 Å². The zero-order chi connectivity index (χ0) is 51.7. The Morgan fingerprint density at radius 3 is 1.68 bits per heavy atom. The van der Waals surface area contributed by atoms with E-state index in [9.17, 15) is 0 Å². The van der Waals surface area contributed by atoms with Crippen LogP contribution in [-0.4, -0.2) is 9.55 Å². The summed E-state index contributed by atoms with van der Waals surface area (Å²) in [6.45, 7) is 32.0. The first-order valence-electron chi connectivity index (χ1n) is 25.8. The molecule has 0 amide bonds. The standard InChI is InChI=1S/C68H69N4O.Pt/c1-64(2,3)51-37-52(65(4,5)6)39-53(38-51)70-44-61(66(7,8)9)71(45-70)54-35-47(46-25-17-14-18-26-46)36-55(41-54)73-56-42-58(68(12,13)49-29-21-16-22-30-49)63-57-31-23-24-32-59(57)72(60(63)43-56)62-40-50(33-34-69-62)67(10,11)48-27-19-15-20-28-48;/h14-40,42,44-45H,1-13H3;/q-3;. The number of rotatable bonds is 10. The molecule has 6 heteroatoms. The van der Waals surface area contributed by atoms with Crippen LogP contribution in [0.25, 0.3) is 38.8 Å². The first-order valence-corrected chi connectivity index (χ1v) is 25.8. The number of nitrogens with zero attached hydrogens (tertiary/aromatic N) is 4. The number of anilines is 2. The molecule has 0 spiro atoms. The second-order valence-electron chi connectivity index (χ2n) is 24.0. The van der Waals surface area contributed by atoms with Gasteiger partial charge < -0.3 is 19.1 Å². The number of ether oxygens (including phenoxy) is 1. The van der Waals surface area contributed by atoms with Crippen molar-refractivity contribution in [3.63, 3.8) is 0 Å². The monoisotopic (exact) mass is 1150 g/mol. The fraction of sp³-hybridized carbons (Fsp3) is 0.265. The molecule has 0 saturated carbocycles. The van der Waals surface area contributed by atoms with E-state index >= 15 is 0 Å². The minimum atomic E-state index is -0.440. The van der Waals surface area contributed by atoms with E-state index in [4.69, 9.17) is 9.72 Å². The molecule has 0 N–H and O–H groups in total. The summed E-state index contributed by atoms with van der Waals surface area (Å²) in [6.07, 6.45) is 4.23. The van der Waals surface area contributed by atoms with Crippen molar-refractivity contribution in [3.8, 4) is 28.4 Å². The van der Waals surface area contributed by atoms with Gasteiger partial charge in [-0.15, -0.1) is 53.8 Å².